The van der Waals surface area contributed by atoms with Crippen LogP contribution in [0.3, 0.4) is 0 Å². The fraction of sp³-hybridized carbons (Fsp3) is 0.840. The maximum Gasteiger partial charge on any atom is 0.305 e. The van der Waals surface area contributed by atoms with Crippen LogP contribution in [0.2, 0.25) is 0 Å². The maximum absolute atomic E-state index is 13.0. The molecule has 0 spiro atoms. The van der Waals surface area contributed by atoms with Gasteiger partial charge < -0.3 is 45.1 Å². The highest BCUT2D eigenvalue weighted by atomic mass is 16.7. The number of carbonyl (C=O) groups excluding carboxylic acids is 2. The third-order valence-corrected chi connectivity index (χ3v) is 17.1. The molecule has 0 aromatic carbocycles. The van der Waals surface area contributed by atoms with Crippen LogP contribution in [0.4, 0.5) is 0 Å². The van der Waals surface area contributed by atoms with Crippen molar-refractivity contribution in [2.45, 2.75) is 384 Å². The molecule has 7 atom stereocenters. The zero-order valence-corrected chi connectivity index (χ0v) is 55.8. The van der Waals surface area contributed by atoms with Gasteiger partial charge in [0.15, 0.2) is 6.29 Å². The number of unbranched alkanes of at least 4 members (excludes halogenated alkanes) is 42. The van der Waals surface area contributed by atoms with Crippen molar-refractivity contribution in [3.63, 3.8) is 0 Å². The van der Waals surface area contributed by atoms with Crippen LogP contribution >= 0.6 is 0 Å². The first-order valence-electron chi connectivity index (χ1n) is 36.6. The number of rotatable bonds is 64. The highest BCUT2D eigenvalue weighted by molar-refractivity contribution is 5.76. The highest BCUT2D eigenvalue weighted by Crippen LogP contribution is 2.23. The number of ether oxygens (including phenoxy) is 3. The molecule has 0 aliphatic carbocycles. The van der Waals surface area contributed by atoms with Crippen molar-refractivity contribution < 1.29 is 49.3 Å². The summed E-state index contributed by atoms with van der Waals surface area (Å²) in [5.74, 6) is -0.192. The lowest BCUT2D eigenvalue weighted by Crippen LogP contribution is -2.60. The number of amides is 1. The highest BCUT2D eigenvalue weighted by Gasteiger charge is 2.44. The van der Waals surface area contributed by atoms with Crippen molar-refractivity contribution >= 4 is 11.9 Å². The van der Waals surface area contributed by atoms with Gasteiger partial charge in [-0.15, -0.1) is 0 Å². The van der Waals surface area contributed by atoms with E-state index in [0.29, 0.717) is 19.4 Å². The van der Waals surface area contributed by atoms with Gasteiger partial charge in [-0.2, -0.15) is 0 Å². The molecule has 1 heterocycles. The Bertz CT molecular complexity index is 1610. The van der Waals surface area contributed by atoms with Crippen molar-refractivity contribution in [3.05, 3.63) is 60.8 Å². The summed E-state index contributed by atoms with van der Waals surface area (Å²) < 4.78 is 16.7. The smallest absolute Gasteiger partial charge is 0.305 e. The van der Waals surface area contributed by atoms with Crippen molar-refractivity contribution in [2.75, 3.05) is 19.8 Å². The molecule has 1 saturated heterocycles. The molecule has 1 aliphatic heterocycles. The van der Waals surface area contributed by atoms with Gasteiger partial charge in [-0.05, 0) is 83.5 Å². The van der Waals surface area contributed by atoms with Crippen LogP contribution in [-0.2, 0) is 23.8 Å². The molecule has 0 aromatic rings. The molecule has 7 unspecified atom stereocenters. The average Bonchev–Trinajstić information content (AvgIpc) is 3.64. The minimum Gasteiger partial charge on any atom is -0.466 e. The fourth-order valence-corrected chi connectivity index (χ4v) is 11.4. The van der Waals surface area contributed by atoms with Crippen LogP contribution < -0.4 is 5.32 Å². The third kappa shape index (κ3) is 52.2. The molecule has 1 aliphatic rings. The molecule has 0 radical (unpaired) electrons. The number of hydrogen-bond donors (Lipinski definition) is 6. The Morgan fingerprint density at radius 2 is 0.826 bits per heavy atom. The predicted octanol–water partition coefficient (Wildman–Crippen LogP) is 18.9. The van der Waals surface area contributed by atoms with Gasteiger partial charge in [0.25, 0.3) is 0 Å². The number of nitrogens with one attached hydrogen (secondary N) is 1. The Balaban J connectivity index is 1.93. The number of allylic oxidation sites excluding steroid dienone is 9. The second-order valence-corrected chi connectivity index (χ2v) is 25.2. The Morgan fingerprint density at radius 1 is 0.442 bits per heavy atom. The van der Waals surface area contributed by atoms with Gasteiger partial charge in [-0.3, -0.25) is 9.59 Å². The Kier molecular flexibility index (Phi) is 60.5. The minimum absolute atomic E-state index is 0.00759. The quantitative estimate of drug-likeness (QED) is 0.0195. The Morgan fingerprint density at radius 3 is 1.27 bits per heavy atom. The summed E-state index contributed by atoms with van der Waals surface area (Å²) in [6.45, 7) is 4.23. The number of hydrogen-bond acceptors (Lipinski definition) is 10. The molecule has 0 bridgehead atoms. The summed E-state index contributed by atoms with van der Waals surface area (Å²) >= 11 is 0. The standard InChI is InChI=1S/C75H137NO10/c1-3-5-7-9-11-13-15-16-17-18-30-34-37-40-43-47-51-55-59-63-71(80)84-64-60-56-52-48-44-41-38-35-32-29-27-25-23-21-19-20-22-24-26-28-31-33-36-39-42-46-50-54-58-62-70(79)76-67(66-85-75-74(83)73(82)72(81)69(65-77)86-75)68(78)61-57-53-49-45-14-12-10-8-6-4-2/h6,8,14,19,21,25,27,45,57,61,67-69,72-75,77-78,81-83H,3-5,7,9-13,15-18,20,22-24,26,28-44,46-56,58-60,62-66H2,1-2H3,(H,76,79)/b8-6+,21-19-,27-25-,45-14+,61-57+. The largest absolute Gasteiger partial charge is 0.466 e. The number of aliphatic hydroxyl groups excluding tert-OH is 5. The first-order chi connectivity index (χ1) is 42.2. The van der Waals surface area contributed by atoms with E-state index in [9.17, 15) is 35.1 Å². The molecule has 502 valence electrons. The van der Waals surface area contributed by atoms with Gasteiger partial charge in [-0.25, -0.2) is 0 Å². The molecule has 0 aromatic heterocycles. The van der Waals surface area contributed by atoms with E-state index in [1.165, 1.54) is 238 Å². The third-order valence-electron chi connectivity index (χ3n) is 17.1. The zero-order chi connectivity index (χ0) is 62.3. The van der Waals surface area contributed by atoms with Gasteiger partial charge in [0, 0.05) is 12.8 Å². The van der Waals surface area contributed by atoms with Crippen LogP contribution in [0.25, 0.3) is 0 Å². The van der Waals surface area contributed by atoms with Crippen LogP contribution in [-0.4, -0.2) is 100 Å². The van der Waals surface area contributed by atoms with E-state index in [1.807, 2.05) is 6.08 Å². The lowest BCUT2D eigenvalue weighted by molar-refractivity contribution is -0.302. The maximum atomic E-state index is 13.0. The summed E-state index contributed by atoms with van der Waals surface area (Å²) in [7, 11) is 0. The SMILES string of the molecule is CC/C=C/CC/C=C/CC/C=C/C(O)C(COC1OC(CO)C(O)C(O)C1O)NC(=O)CCCCCCCCCCCCCCC/C=C\C/C=C\CCCCCCCCCCCOC(=O)CCCCCCCCCCCCCCCCCCCCC. The molecule has 11 nitrogen and oxygen atoms in total. The molecule has 0 saturated carbocycles. The monoisotopic (exact) mass is 1210 g/mol. The summed E-state index contributed by atoms with van der Waals surface area (Å²) in [6.07, 6.45) is 75.3. The lowest BCUT2D eigenvalue weighted by Gasteiger charge is -2.40. The molecule has 11 heteroatoms. The molecule has 1 amide bonds. The summed E-state index contributed by atoms with van der Waals surface area (Å²) in [5, 5.41) is 54.3. The van der Waals surface area contributed by atoms with Gasteiger partial charge in [-0.1, -0.05) is 306 Å². The molecular weight excluding hydrogens is 1070 g/mol. The first kappa shape index (κ1) is 81.4. The van der Waals surface area contributed by atoms with E-state index < -0.39 is 49.5 Å². The van der Waals surface area contributed by atoms with Crippen LogP contribution in [0, 0.1) is 0 Å². The summed E-state index contributed by atoms with van der Waals surface area (Å²) in [4.78, 5) is 25.2. The Hall–Kier alpha value is -2.64. The zero-order valence-electron chi connectivity index (χ0n) is 55.8. The van der Waals surface area contributed by atoms with E-state index in [4.69, 9.17) is 14.2 Å². The predicted molar refractivity (Wildman–Crippen MR) is 361 cm³/mol. The fourth-order valence-electron chi connectivity index (χ4n) is 11.4. The van der Waals surface area contributed by atoms with Crippen LogP contribution in [0.15, 0.2) is 60.8 Å². The van der Waals surface area contributed by atoms with E-state index >= 15 is 0 Å². The lowest BCUT2D eigenvalue weighted by atomic mass is 9.99. The molecule has 1 rings (SSSR count). The normalized spacial score (nSPS) is 18.2. The minimum atomic E-state index is -1.58. The van der Waals surface area contributed by atoms with Crippen molar-refractivity contribution in [2.24, 2.45) is 0 Å². The Labute approximate surface area is 528 Å². The summed E-state index contributed by atoms with van der Waals surface area (Å²) in [5.41, 5.74) is 0. The van der Waals surface area contributed by atoms with E-state index in [0.717, 1.165) is 77.0 Å². The van der Waals surface area contributed by atoms with Gasteiger partial charge in [0.05, 0.1) is 32.0 Å². The molecular formula is C75H137NO10. The number of esters is 1. The molecule has 86 heavy (non-hydrogen) atoms. The van der Waals surface area contributed by atoms with Crippen LogP contribution in [0.5, 0.6) is 0 Å². The van der Waals surface area contributed by atoms with Crippen molar-refractivity contribution in [1.29, 1.82) is 0 Å². The topological polar surface area (TPSA) is 175 Å². The molecule has 1 fully saturated rings. The average molecular weight is 1210 g/mol. The van der Waals surface area contributed by atoms with E-state index in [-0.39, 0.29) is 18.5 Å². The van der Waals surface area contributed by atoms with E-state index in [1.54, 1.807) is 6.08 Å². The first-order valence-corrected chi connectivity index (χ1v) is 36.6. The second kappa shape index (κ2) is 63.9. The summed E-state index contributed by atoms with van der Waals surface area (Å²) in [6, 6.07) is -0.836. The van der Waals surface area contributed by atoms with Crippen molar-refractivity contribution in [1.82, 2.24) is 5.32 Å². The van der Waals surface area contributed by atoms with Crippen LogP contribution in [0.1, 0.15) is 341 Å². The molecule has 6 N–H and O–H groups in total. The van der Waals surface area contributed by atoms with Gasteiger partial charge in [0.2, 0.25) is 5.91 Å². The van der Waals surface area contributed by atoms with E-state index in [2.05, 4.69) is 67.8 Å². The van der Waals surface area contributed by atoms with Gasteiger partial charge in [0.1, 0.15) is 24.4 Å². The van der Waals surface area contributed by atoms with Crippen molar-refractivity contribution in [3.8, 4) is 0 Å². The van der Waals surface area contributed by atoms with Gasteiger partial charge >= 0.3 is 5.97 Å². The second-order valence-electron chi connectivity index (χ2n) is 25.2. The number of carbonyl (C=O) groups is 2. The number of aliphatic hydroxyl groups is 5.